The Morgan fingerprint density at radius 2 is 0.738 bits per heavy atom. The normalized spacial score (nSPS) is 13.3. The van der Waals surface area contributed by atoms with Crippen molar-refractivity contribution in [2.24, 2.45) is 0 Å². The van der Waals surface area contributed by atoms with E-state index in [1.165, 1.54) is 199 Å². The van der Waals surface area contributed by atoms with E-state index in [1.807, 2.05) is 21.1 Å². The van der Waals surface area contributed by atoms with E-state index in [0.29, 0.717) is 17.4 Å². The highest BCUT2D eigenvalue weighted by atomic mass is 31.2. The summed E-state index contributed by atoms with van der Waals surface area (Å²) >= 11 is 0. The number of hydrogen-bond acceptors (Lipinski definition) is 8. The van der Waals surface area contributed by atoms with Gasteiger partial charge in [-0.25, -0.2) is 0 Å². The second kappa shape index (κ2) is 44.2. The largest absolute Gasteiger partial charge is 0.756 e. The third kappa shape index (κ3) is 48.3. The molecule has 2 atom stereocenters. The minimum atomic E-state index is -4.62. The summed E-state index contributed by atoms with van der Waals surface area (Å²) in [7, 11) is 1.18. The average Bonchev–Trinajstić information content (AvgIpc) is 3.21. The summed E-state index contributed by atoms with van der Waals surface area (Å²) in [5, 5.41) is 0. The van der Waals surface area contributed by atoms with Crippen molar-refractivity contribution >= 4 is 19.8 Å². The Labute approximate surface area is 378 Å². The van der Waals surface area contributed by atoms with Gasteiger partial charge in [0.15, 0.2) is 6.10 Å². The van der Waals surface area contributed by atoms with Gasteiger partial charge in [-0.15, -0.1) is 0 Å². The Morgan fingerprint density at radius 1 is 0.443 bits per heavy atom. The summed E-state index contributed by atoms with van der Waals surface area (Å²) in [4.78, 5) is 37.6. The van der Waals surface area contributed by atoms with Gasteiger partial charge < -0.3 is 27.9 Å². The van der Waals surface area contributed by atoms with Crippen molar-refractivity contribution in [3.63, 3.8) is 0 Å². The van der Waals surface area contributed by atoms with Crippen molar-refractivity contribution in [1.82, 2.24) is 0 Å². The van der Waals surface area contributed by atoms with Crippen molar-refractivity contribution in [2.75, 3.05) is 47.5 Å². The second-order valence-electron chi connectivity index (χ2n) is 19.3. The van der Waals surface area contributed by atoms with Gasteiger partial charge >= 0.3 is 11.9 Å². The SMILES string of the molecule is CCCCCCCCCCCCCCCCCCCCCCCCCCCCCC(=O)OC(COC(=O)CCCCCCCCCCCC)COP(=O)([O-])OCC[N+](C)(C)C. The Kier molecular flexibility index (Phi) is 43.5. The molecule has 364 valence electrons. The summed E-state index contributed by atoms with van der Waals surface area (Å²) < 4.78 is 34.0. The number of ether oxygens (including phenoxy) is 2. The standard InChI is InChI=1S/C51H102NO8P/c1-6-8-10-12-14-16-18-19-20-21-22-23-24-25-26-27-28-29-30-31-32-33-34-36-38-40-42-44-51(54)60-49(48-59-61(55,56)58-46-45-52(3,4)5)47-57-50(53)43-41-39-37-35-17-15-13-11-9-7-2/h49H,6-48H2,1-5H3. The van der Waals surface area contributed by atoms with E-state index in [0.717, 1.165) is 32.1 Å². The molecule has 0 aliphatic rings. The molecule has 0 saturated heterocycles. The molecule has 0 bridgehead atoms. The van der Waals surface area contributed by atoms with Crippen LogP contribution in [0.3, 0.4) is 0 Å². The van der Waals surface area contributed by atoms with E-state index in [1.54, 1.807) is 0 Å². The lowest BCUT2D eigenvalue weighted by Crippen LogP contribution is -2.37. The van der Waals surface area contributed by atoms with Crippen LogP contribution >= 0.6 is 7.82 Å². The number of nitrogens with zero attached hydrogens (tertiary/aromatic N) is 1. The molecule has 0 heterocycles. The van der Waals surface area contributed by atoms with Crippen LogP contribution in [0.4, 0.5) is 0 Å². The van der Waals surface area contributed by atoms with Crippen LogP contribution in [0.5, 0.6) is 0 Å². The molecule has 9 nitrogen and oxygen atoms in total. The number of rotatable bonds is 49. The summed E-state index contributed by atoms with van der Waals surface area (Å²) in [5.74, 6) is -0.818. The molecular formula is C51H102NO8P. The number of esters is 2. The zero-order valence-corrected chi connectivity index (χ0v) is 42.0. The first-order valence-electron chi connectivity index (χ1n) is 26.2. The monoisotopic (exact) mass is 888 g/mol. The molecule has 0 aliphatic carbocycles. The summed E-state index contributed by atoms with van der Waals surface area (Å²) in [5.41, 5.74) is 0. The number of unbranched alkanes of at least 4 members (excludes halogenated alkanes) is 35. The highest BCUT2D eigenvalue weighted by molar-refractivity contribution is 7.45. The number of hydrogen-bond donors (Lipinski definition) is 0. The van der Waals surface area contributed by atoms with E-state index in [2.05, 4.69) is 13.8 Å². The van der Waals surface area contributed by atoms with Gasteiger partial charge in [0.25, 0.3) is 7.82 Å². The third-order valence-electron chi connectivity index (χ3n) is 11.9. The number of quaternary nitrogens is 1. The number of phosphoric ester groups is 1. The van der Waals surface area contributed by atoms with Crippen molar-refractivity contribution in [2.45, 2.75) is 270 Å². The molecule has 0 aromatic rings. The highest BCUT2D eigenvalue weighted by Crippen LogP contribution is 2.38. The van der Waals surface area contributed by atoms with Gasteiger partial charge in [0.05, 0.1) is 27.7 Å². The maximum Gasteiger partial charge on any atom is 0.306 e. The number of phosphoric acid groups is 1. The molecule has 0 amide bonds. The Bertz CT molecular complexity index is 1010. The summed E-state index contributed by atoms with van der Waals surface area (Å²) in [6.45, 7) is 4.27. The fourth-order valence-electron chi connectivity index (χ4n) is 7.78. The topological polar surface area (TPSA) is 111 Å². The fraction of sp³-hybridized carbons (Fsp3) is 0.961. The van der Waals surface area contributed by atoms with Gasteiger partial charge in [0.1, 0.15) is 19.8 Å². The predicted molar refractivity (Wildman–Crippen MR) is 255 cm³/mol. The average molecular weight is 888 g/mol. The quantitative estimate of drug-likeness (QED) is 0.0257. The zero-order valence-electron chi connectivity index (χ0n) is 41.1. The highest BCUT2D eigenvalue weighted by Gasteiger charge is 2.21. The maximum absolute atomic E-state index is 12.7. The Hall–Kier alpha value is -0.990. The molecule has 61 heavy (non-hydrogen) atoms. The van der Waals surface area contributed by atoms with E-state index in [9.17, 15) is 19.0 Å². The van der Waals surface area contributed by atoms with E-state index in [4.69, 9.17) is 18.5 Å². The van der Waals surface area contributed by atoms with Crippen molar-refractivity contribution in [3.8, 4) is 0 Å². The minimum absolute atomic E-state index is 0.0256. The molecule has 10 heteroatoms. The molecule has 0 rings (SSSR count). The lowest BCUT2D eigenvalue weighted by atomic mass is 10.0. The molecule has 0 saturated carbocycles. The van der Waals surface area contributed by atoms with Gasteiger partial charge in [-0.2, -0.15) is 0 Å². The van der Waals surface area contributed by atoms with Crippen molar-refractivity contribution < 1.29 is 42.1 Å². The van der Waals surface area contributed by atoms with Crippen molar-refractivity contribution in [3.05, 3.63) is 0 Å². The summed E-state index contributed by atoms with van der Waals surface area (Å²) in [6, 6.07) is 0. The van der Waals surface area contributed by atoms with Crippen LogP contribution in [0.25, 0.3) is 0 Å². The van der Waals surface area contributed by atoms with Crippen LogP contribution in [0.1, 0.15) is 264 Å². The molecular weight excluding hydrogens is 786 g/mol. The molecule has 0 aromatic carbocycles. The minimum Gasteiger partial charge on any atom is -0.756 e. The Morgan fingerprint density at radius 3 is 1.05 bits per heavy atom. The van der Waals surface area contributed by atoms with Gasteiger partial charge in [-0.05, 0) is 12.8 Å². The molecule has 2 unspecified atom stereocenters. The fourth-order valence-corrected chi connectivity index (χ4v) is 8.50. The van der Waals surface area contributed by atoms with E-state index >= 15 is 0 Å². The van der Waals surface area contributed by atoms with Crippen LogP contribution in [0.15, 0.2) is 0 Å². The van der Waals surface area contributed by atoms with Gasteiger partial charge in [-0.1, -0.05) is 239 Å². The smallest absolute Gasteiger partial charge is 0.306 e. The molecule has 0 N–H and O–H groups in total. The molecule has 0 fully saturated rings. The van der Waals surface area contributed by atoms with Crippen molar-refractivity contribution in [1.29, 1.82) is 0 Å². The van der Waals surface area contributed by atoms with Gasteiger partial charge in [0.2, 0.25) is 0 Å². The zero-order chi connectivity index (χ0) is 45.0. The molecule has 0 aromatic heterocycles. The van der Waals surface area contributed by atoms with Crippen LogP contribution in [0, 0.1) is 0 Å². The molecule has 0 radical (unpaired) electrons. The maximum atomic E-state index is 12.7. The Balaban J connectivity index is 4.02. The summed E-state index contributed by atoms with van der Waals surface area (Å²) in [6.07, 6.45) is 47.3. The lowest BCUT2D eigenvalue weighted by molar-refractivity contribution is -0.870. The van der Waals surface area contributed by atoms with Crippen LogP contribution < -0.4 is 4.89 Å². The first kappa shape index (κ1) is 60.0. The lowest BCUT2D eigenvalue weighted by Gasteiger charge is -2.28. The van der Waals surface area contributed by atoms with Crippen LogP contribution in [0.2, 0.25) is 0 Å². The van der Waals surface area contributed by atoms with E-state index < -0.39 is 26.5 Å². The predicted octanol–water partition coefficient (Wildman–Crippen LogP) is 14.9. The van der Waals surface area contributed by atoms with Crippen LogP contribution in [-0.2, 0) is 32.7 Å². The van der Waals surface area contributed by atoms with Crippen LogP contribution in [-0.4, -0.2) is 70.0 Å². The number of carbonyl (C=O) groups excluding carboxylic acids is 2. The van der Waals surface area contributed by atoms with Gasteiger partial charge in [-0.3, -0.25) is 14.2 Å². The number of carbonyl (C=O) groups is 2. The molecule has 0 aliphatic heterocycles. The molecule has 0 spiro atoms. The first-order chi connectivity index (χ1) is 29.5. The van der Waals surface area contributed by atoms with E-state index in [-0.39, 0.29) is 32.0 Å². The van der Waals surface area contributed by atoms with Gasteiger partial charge in [0, 0.05) is 12.8 Å². The second-order valence-corrected chi connectivity index (χ2v) is 20.7. The first-order valence-corrected chi connectivity index (χ1v) is 27.7. The third-order valence-corrected chi connectivity index (χ3v) is 12.8. The number of likely N-dealkylation sites (N-methyl/N-ethyl adjacent to an activating group) is 1.